The van der Waals surface area contributed by atoms with Gasteiger partial charge in [0.15, 0.2) is 0 Å². The number of aromatic nitrogens is 3. The molecule has 1 aromatic heterocycles. The van der Waals surface area contributed by atoms with Gasteiger partial charge in [-0.2, -0.15) is 4.98 Å². The molecule has 1 aliphatic heterocycles. The number of carbonyl (C=O) groups is 1. The fourth-order valence-corrected chi connectivity index (χ4v) is 5.68. The molecule has 1 atom stereocenters. The molecule has 0 spiro atoms. The highest BCUT2D eigenvalue weighted by Crippen LogP contribution is 2.38. The van der Waals surface area contributed by atoms with E-state index in [2.05, 4.69) is 26.6 Å². The van der Waals surface area contributed by atoms with Crippen molar-refractivity contribution in [3.8, 4) is 0 Å². The minimum absolute atomic E-state index is 0.193. The Kier molecular flexibility index (Phi) is 7.18. The van der Waals surface area contributed by atoms with Crippen LogP contribution in [0.2, 0.25) is 5.02 Å². The lowest BCUT2D eigenvalue weighted by Gasteiger charge is -2.28. The van der Waals surface area contributed by atoms with Gasteiger partial charge in [-0.25, -0.2) is 4.68 Å². The Morgan fingerprint density at radius 3 is 2.69 bits per heavy atom. The molecular formula is C27H23BrClN5OS. The summed E-state index contributed by atoms with van der Waals surface area (Å²) in [6.07, 6.45) is 0. The second kappa shape index (κ2) is 10.5. The molecule has 3 aromatic carbocycles. The van der Waals surface area contributed by atoms with Gasteiger partial charge in [0, 0.05) is 26.6 Å². The van der Waals surface area contributed by atoms with Crippen LogP contribution in [-0.2, 0) is 10.5 Å². The molecule has 2 N–H and O–H groups in total. The highest BCUT2D eigenvalue weighted by Gasteiger charge is 2.34. The highest BCUT2D eigenvalue weighted by atomic mass is 79.9. The van der Waals surface area contributed by atoms with E-state index >= 15 is 0 Å². The van der Waals surface area contributed by atoms with Crippen LogP contribution in [0.15, 0.2) is 93.7 Å². The van der Waals surface area contributed by atoms with Crippen molar-refractivity contribution >= 4 is 56.8 Å². The third-order valence-corrected chi connectivity index (χ3v) is 7.58. The zero-order chi connectivity index (χ0) is 25.2. The van der Waals surface area contributed by atoms with Gasteiger partial charge in [0.25, 0.3) is 5.91 Å². The average molecular weight is 581 g/mol. The summed E-state index contributed by atoms with van der Waals surface area (Å²) in [5.74, 6) is 1.03. The van der Waals surface area contributed by atoms with Crippen molar-refractivity contribution in [1.82, 2.24) is 14.8 Å². The Hall–Kier alpha value is -3.07. The van der Waals surface area contributed by atoms with Crippen LogP contribution < -0.4 is 10.6 Å². The van der Waals surface area contributed by atoms with Crippen molar-refractivity contribution in [3.63, 3.8) is 0 Å². The van der Waals surface area contributed by atoms with Gasteiger partial charge >= 0.3 is 0 Å². The van der Waals surface area contributed by atoms with E-state index in [1.165, 1.54) is 11.8 Å². The maximum atomic E-state index is 13.6. The van der Waals surface area contributed by atoms with Crippen LogP contribution in [0.5, 0.6) is 0 Å². The number of amides is 1. The second-order valence-corrected chi connectivity index (χ2v) is 10.8. The molecule has 5 rings (SSSR count). The van der Waals surface area contributed by atoms with Gasteiger partial charge < -0.3 is 10.6 Å². The van der Waals surface area contributed by atoms with E-state index in [0.29, 0.717) is 27.5 Å². The second-order valence-electron chi connectivity index (χ2n) is 8.49. The topological polar surface area (TPSA) is 71.8 Å². The summed E-state index contributed by atoms with van der Waals surface area (Å²) in [6.45, 7) is 3.89. The number of nitrogens with one attached hydrogen (secondary N) is 2. The number of carbonyl (C=O) groups excluding carboxylic acids is 1. The monoisotopic (exact) mass is 579 g/mol. The standard InChI is InChI=1S/C27H23BrClN5OS/c1-16-7-5-11-21(13-16)31-25(35)23-17(2)30-26-32-27(36-15-19-8-3-4-12-22(19)29)33-34(26)24(23)18-9-6-10-20(28)14-18/h3-14,24H,15H2,1-2H3,(H,31,35)(H,30,32,33). The van der Waals surface area contributed by atoms with Gasteiger partial charge in [-0.1, -0.05) is 81.8 Å². The summed E-state index contributed by atoms with van der Waals surface area (Å²) >= 11 is 11.4. The molecule has 0 saturated heterocycles. The average Bonchev–Trinajstić information content (AvgIpc) is 3.25. The van der Waals surface area contributed by atoms with Crippen molar-refractivity contribution in [2.24, 2.45) is 0 Å². The van der Waals surface area contributed by atoms with E-state index in [4.69, 9.17) is 21.7 Å². The number of fused-ring (bicyclic) bond motifs is 1. The Labute approximate surface area is 227 Å². The third kappa shape index (κ3) is 5.21. The first-order valence-electron chi connectivity index (χ1n) is 11.3. The number of rotatable bonds is 6. The van der Waals surface area contributed by atoms with Crippen molar-refractivity contribution < 1.29 is 4.79 Å². The minimum Gasteiger partial charge on any atom is -0.328 e. The summed E-state index contributed by atoms with van der Waals surface area (Å²) in [5.41, 5.74) is 5.06. The van der Waals surface area contributed by atoms with Gasteiger partial charge in [0.05, 0.1) is 5.57 Å². The zero-order valence-electron chi connectivity index (χ0n) is 19.6. The molecule has 1 unspecified atom stereocenters. The normalized spacial score (nSPS) is 14.8. The van der Waals surface area contributed by atoms with Gasteiger partial charge in [0.2, 0.25) is 11.1 Å². The molecule has 6 nitrogen and oxygen atoms in total. The highest BCUT2D eigenvalue weighted by molar-refractivity contribution is 9.10. The van der Waals surface area contributed by atoms with Crippen LogP contribution in [0, 0.1) is 6.92 Å². The number of halogens is 2. The molecule has 0 fully saturated rings. The predicted octanol–water partition coefficient (Wildman–Crippen LogP) is 7.22. The van der Waals surface area contributed by atoms with E-state index in [1.54, 1.807) is 4.68 Å². The van der Waals surface area contributed by atoms with Crippen molar-refractivity contribution in [2.45, 2.75) is 30.8 Å². The summed E-state index contributed by atoms with van der Waals surface area (Å²) in [7, 11) is 0. The van der Waals surface area contributed by atoms with E-state index < -0.39 is 6.04 Å². The number of aryl methyl sites for hydroxylation is 1. The molecule has 36 heavy (non-hydrogen) atoms. The Balaban J connectivity index is 1.50. The molecule has 4 aromatic rings. The van der Waals surface area contributed by atoms with Crippen LogP contribution in [0.1, 0.15) is 29.7 Å². The lowest BCUT2D eigenvalue weighted by molar-refractivity contribution is -0.113. The predicted molar refractivity (Wildman–Crippen MR) is 149 cm³/mol. The van der Waals surface area contributed by atoms with Crippen LogP contribution in [0.4, 0.5) is 11.6 Å². The van der Waals surface area contributed by atoms with Gasteiger partial charge in [-0.05, 0) is 60.9 Å². The van der Waals surface area contributed by atoms with E-state index in [1.807, 2.05) is 86.6 Å². The lowest BCUT2D eigenvalue weighted by Crippen LogP contribution is -2.31. The summed E-state index contributed by atoms with van der Waals surface area (Å²) < 4.78 is 2.71. The first kappa shape index (κ1) is 24.6. The fourth-order valence-electron chi connectivity index (χ4n) is 4.15. The van der Waals surface area contributed by atoms with Crippen molar-refractivity contribution in [2.75, 3.05) is 10.6 Å². The number of hydrogen-bond donors (Lipinski definition) is 2. The molecule has 182 valence electrons. The molecule has 0 bridgehead atoms. The number of benzene rings is 3. The van der Waals surface area contributed by atoms with E-state index in [-0.39, 0.29) is 5.91 Å². The quantitative estimate of drug-likeness (QED) is 0.236. The van der Waals surface area contributed by atoms with Crippen LogP contribution in [0.3, 0.4) is 0 Å². The molecular weight excluding hydrogens is 558 g/mol. The maximum absolute atomic E-state index is 13.6. The number of nitrogens with zero attached hydrogens (tertiary/aromatic N) is 3. The SMILES string of the molecule is CC1=C(C(=O)Nc2cccc(C)c2)C(c2cccc(Br)c2)n2nc(SCc3ccccc3Cl)nc2N1. The lowest BCUT2D eigenvalue weighted by atomic mass is 9.95. The van der Waals surface area contributed by atoms with E-state index in [0.717, 1.165) is 32.5 Å². The molecule has 0 aliphatic carbocycles. The van der Waals surface area contributed by atoms with Crippen LogP contribution in [0.25, 0.3) is 0 Å². The van der Waals surface area contributed by atoms with Gasteiger partial charge in [-0.15, -0.1) is 5.10 Å². The molecule has 0 radical (unpaired) electrons. The van der Waals surface area contributed by atoms with Gasteiger partial charge in [0.1, 0.15) is 6.04 Å². The third-order valence-electron chi connectivity index (χ3n) is 5.83. The molecule has 1 aliphatic rings. The van der Waals surface area contributed by atoms with Crippen LogP contribution >= 0.6 is 39.3 Å². The molecule has 9 heteroatoms. The molecule has 2 heterocycles. The number of hydrogen-bond acceptors (Lipinski definition) is 5. The molecule has 0 saturated carbocycles. The number of anilines is 2. The van der Waals surface area contributed by atoms with E-state index in [9.17, 15) is 4.79 Å². The Morgan fingerprint density at radius 2 is 1.92 bits per heavy atom. The number of thioether (sulfide) groups is 1. The first-order chi connectivity index (χ1) is 17.4. The fraction of sp³-hybridized carbons (Fsp3) is 0.148. The van der Waals surface area contributed by atoms with Crippen LogP contribution in [-0.4, -0.2) is 20.7 Å². The number of allylic oxidation sites excluding steroid dienone is 1. The largest absolute Gasteiger partial charge is 0.328 e. The summed E-state index contributed by atoms with van der Waals surface area (Å²) in [6, 6.07) is 23.0. The summed E-state index contributed by atoms with van der Waals surface area (Å²) in [4.78, 5) is 18.3. The maximum Gasteiger partial charge on any atom is 0.255 e. The Morgan fingerprint density at radius 1 is 1.11 bits per heavy atom. The summed E-state index contributed by atoms with van der Waals surface area (Å²) in [5, 5.41) is 12.5. The van der Waals surface area contributed by atoms with Gasteiger partial charge in [-0.3, -0.25) is 4.79 Å². The smallest absolute Gasteiger partial charge is 0.255 e. The first-order valence-corrected chi connectivity index (χ1v) is 13.5. The van der Waals surface area contributed by atoms with Crippen molar-refractivity contribution in [1.29, 1.82) is 0 Å². The zero-order valence-corrected chi connectivity index (χ0v) is 22.8. The Bertz CT molecular complexity index is 1480. The van der Waals surface area contributed by atoms with Crippen molar-refractivity contribution in [3.05, 3.63) is 110 Å². The minimum atomic E-state index is -0.453. The molecule has 1 amide bonds.